The molecule has 0 aliphatic rings. The highest BCUT2D eigenvalue weighted by atomic mass is 31.2. The third-order valence-electron chi connectivity index (χ3n) is 9.34. The highest BCUT2D eigenvalue weighted by Gasteiger charge is 2.28. The number of phosphoric ester groups is 1. The summed E-state index contributed by atoms with van der Waals surface area (Å²) in [4.78, 5) is 45.9. The smallest absolute Gasteiger partial charge is 0.472 e. The fourth-order valence-corrected chi connectivity index (χ4v) is 6.60. The number of phosphoric acid groups is 1. The number of hydrogen-bond acceptors (Lipinski definition) is 8. The standard InChI is InChI=1S/C45H80NO10P/c1-3-5-7-9-11-13-15-17-19-20-21-22-23-24-26-28-30-32-34-36-43(48)46-42(45(50)51)40-56-57(52,53)55-39-41(47)38-54-44(49)37-35-33-31-29-27-25-18-16-14-12-10-8-6-4-2/h10-13,16-19,41-42,47H,3-9,14-15,20-40H2,1-2H3,(H,46,48)(H,50,51)(H,52,53)/b12-10-,13-11-,18-16-,19-17-. The second-order valence-electron chi connectivity index (χ2n) is 14.9. The molecular formula is C45H80NO10P. The molecule has 12 heteroatoms. The fourth-order valence-electron chi connectivity index (χ4n) is 5.83. The lowest BCUT2D eigenvalue weighted by Crippen LogP contribution is -2.43. The van der Waals surface area contributed by atoms with E-state index < -0.39 is 57.6 Å². The summed E-state index contributed by atoms with van der Waals surface area (Å²) in [6, 6.07) is -1.55. The largest absolute Gasteiger partial charge is 0.480 e. The Labute approximate surface area is 345 Å². The van der Waals surface area contributed by atoms with E-state index in [2.05, 4.69) is 67.8 Å². The average molecular weight is 826 g/mol. The van der Waals surface area contributed by atoms with Crippen LogP contribution in [0.3, 0.4) is 0 Å². The summed E-state index contributed by atoms with van der Waals surface area (Å²) in [7, 11) is -4.76. The van der Waals surface area contributed by atoms with Crippen molar-refractivity contribution in [3.8, 4) is 0 Å². The van der Waals surface area contributed by atoms with Gasteiger partial charge in [0.1, 0.15) is 12.7 Å². The minimum Gasteiger partial charge on any atom is -0.480 e. The Bertz CT molecular complexity index is 1150. The van der Waals surface area contributed by atoms with E-state index in [-0.39, 0.29) is 12.8 Å². The second-order valence-corrected chi connectivity index (χ2v) is 16.3. The number of unbranched alkanes of at least 4 members (excludes halogenated alkanes) is 19. The van der Waals surface area contributed by atoms with Gasteiger partial charge in [0.05, 0.1) is 13.2 Å². The first kappa shape index (κ1) is 54.4. The van der Waals surface area contributed by atoms with Crippen molar-refractivity contribution in [3.05, 3.63) is 48.6 Å². The van der Waals surface area contributed by atoms with Gasteiger partial charge in [0.2, 0.25) is 5.91 Å². The first-order chi connectivity index (χ1) is 27.6. The second kappa shape index (κ2) is 40.2. The van der Waals surface area contributed by atoms with Crippen molar-refractivity contribution in [2.45, 2.75) is 199 Å². The lowest BCUT2D eigenvalue weighted by atomic mass is 10.1. The van der Waals surface area contributed by atoms with Crippen LogP contribution in [0.4, 0.5) is 0 Å². The topological polar surface area (TPSA) is 169 Å². The number of hydrogen-bond donors (Lipinski definition) is 4. The zero-order valence-corrected chi connectivity index (χ0v) is 36.5. The number of carboxylic acid groups (broad SMARTS) is 1. The molecule has 0 saturated heterocycles. The number of aliphatic carboxylic acids is 1. The van der Waals surface area contributed by atoms with Crippen LogP contribution < -0.4 is 5.32 Å². The summed E-state index contributed by atoms with van der Waals surface area (Å²) >= 11 is 0. The third kappa shape index (κ3) is 40.0. The summed E-state index contributed by atoms with van der Waals surface area (Å²) in [5.74, 6) is -2.39. The molecule has 0 fully saturated rings. The van der Waals surface area contributed by atoms with Crippen molar-refractivity contribution < 1.29 is 47.8 Å². The number of esters is 1. The number of aliphatic hydroxyl groups is 1. The molecule has 0 aliphatic carbocycles. The monoisotopic (exact) mass is 826 g/mol. The van der Waals surface area contributed by atoms with E-state index in [1.807, 2.05) is 0 Å². The van der Waals surface area contributed by atoms with Crippen molar-refractivity contribution in [1.29, 1.82) is 0 Å². The minimum atomic E-state index is -4.76. The predicted octanol–water partition coefficient (Wildman–Crippen LogP) is 11.4. The quantitative estimate of drug-likeness (QED) is 0.0201. The van der Waals surface area contributed by atoms with Gasteiger partial charge in [0.25, 0.3) is 0 Å². The van der Waals surface area contributed by atoms with Crippen LogP contribution in [0.15, 0.2) is 48.6 Å². The van der Waals surface area contributed by atoms with Gasteiger partial charge >= 0.3 is 19.8 Å². The molecule has 0 spiro atoms. The van der Waals surface area contributed by atoms with Crippen molar-refractivity contribution >= 4 is 25.7 Å². The lowest BCUT2D eigenvalue weighted by molar-refractivity contribution is -0.147. The summed E-state index contributed by atoms with van der Waals surface area (Å²) in [5.41, 5.74) is 0. The van der Waals surface area contributed by atoms with Gasteiger partial charge in [-0.05, 0) is 70.6 Å². The molecule has 0 aliphatic heterocycles. The Morgan fingerprint density at radius 1 is 0.561 bits per heavy atom. The Hall–Kier alpha value is -2.56. The molecule has 0 saturated carbocycles. The molecule has 0 bridgehead atoms. The number of amides is 1. The number of carbonyl (C=O) groups is 3. The Balaban J connectivity index is 3.92. The van der Waals surface area contributed by atoms with Gasteiger partial charge in [0, 0.05) is 12.8 Å². The van der Waals surface area contributed by atoms with Gasteiger partial charge < -0.3 is 25.2 Å². The molecule has 11 nitrogen and oxygen atoms in total. The van der Waals surface area contributed by atoms with Gasteiger partial charge in [-0.15, -0.1) is 0 Å². The highest BCUT2D eigenvalue weighted by molar-refractivity contribution is 7.47. The van der Waals surface area contributed by atoms with Crippen molar-refractivity contribution in [2.24, 2.45) is 0 Å². The van der Waals surface area contributed by atoms with E-state index in [1.54, 1.807) is 0 Å². The molecule has 3 unspecified atom stereocenters. The maximum atomic E-state index is 12.3. The normalized spacial score (nSPS) is 14.2. The summed E-state index contributed by atoms with van der Waals surface area (Å²) < 4.78 is 26.8. The number of rotatable bonds is 41. The number of carbonyl (C=O) groups excluding carboxylic acids is 2. The fraction of sp³-hybridized carbons (Fsp3) is 0.756. The van der Waals surface area contributed by atoms with Crippen LogP contribution >= 0.6 is 7.82 Å². The molecular weight excluding hydrogens is 745 g/mol. The molecule has 0 radical (unpaired) electrons. The van der Waals surface area contributed by atoms with Crippen LogP contribution in [-0.4, -0.2) is 64.9 Å². The summed E-state index contributed by atoms with van der Waals surface area (Å²) in [6.45, 7) is 2.51. The van der Waals surface area contributed by atoms with Crippen LogP contribution in [0.25, 0.3) is 0 Å². The van der Waals surface area contributed by atoms with Crippen LogP contribution in [0.1, 0.15) is 187 Å². The van der Waals surface area contributed by atoms with Crippen molar-refractivity contribution in [3.63, 3.8) is 0 Å². The minimum absolute atomic E-state index is 0.139. The number of nitrogens with one attached hydrogen (secondary N) is 1. The molecule has 0 aromatic rings. The first-order valence-corrected chi connectivity index (χ1v) is 23.7. The molecule has 1 amide bonds. The molecule has 330 valence electrons. The molecule has 0 aromatic carbocycles. The van der Waals surface area contributed by atoms with Gasteiger partial charge in [-0.3, -0.25) is 18.6 Å². The van der Waals surface area contributed by atoms with E-state index in [4.69, 9.17) is 13.8 Å². The highest BCUT2D eigenvalue weighted by Crippen LogP contribution is 2.43. The number of carboxylic acids is 1. The van der Waals surface area contributed by atoms with Gasteiger partial charge in [-0.25, -0.2) is 9.36 Å². The first-order valence-electron chi connectivity index (χ1n) is 22.2. The van der Waals surface area contributed by atoms with Crippen molar-refractivity contribution in [2.75, 3.05) is 19.8 Å². The van der Waals surface area contributed by atoms with Gasteiger partial charge in [-0.2, -0.15) is 0 Å². The number of allylic oxidation sites excluding steroid dienone is 8. The zero-order valence-electron chi connectivity index (χ0n) is 35.6. The molecule has 0 aromatic heterocycles. The lowest BCUT2D eigenvalue weighted by Gasteiger charge is -2.18. The SMILES string of the molecule is CCCC/C=C\C/C=C\CCCCCCCC(=O)OCC(O)COP(=O)(O)OCC(NC(=O)CCCCCCCCCCC/C=C\C/C=C\CCCCC)C(=O)O. The van der Waals surface area contributed by atoms with Gasteiger partial charge in [-0.1, -0.05) is 152 Å². The number of ether oxygens (including phenoxy) is 1. The maximum absolute atomic E-state index is 12.3. The maximum Gasteiger partial charge on any atom is 0.472 e. The Kier molecular flexibility index (Phi) is 38.4. The molecule has 0 rings (SSSR count). The van der Waals surface area contributed by atoms with Crippen LogP contribution in [0, 0.1) is 0 Å². The zero-order chi connectivity index (χ0) is 42.1. The van der Waals surface area contributed by atoms with E-state index in [0.717, 1.165) is 83.5 Å². The Morgan fingerprint density at radius 2 is 0.982 bits per heavy atom. The van der Waals surface area contributed by atoms with Crippen LogP contribution in [0.5, 0.6) is 0 Å². The Morgan fingerprint density at radius 3 is 1.47 bits per heavy atom. The summed E-state index contributed by atoms with van der Waals surface area (Å²) in [5, 5.41) is 21.8. The average Bonchev–Trinajstić information content (AvgIpc) is 3.18. The van der Waals surface area contributed by atoms with E-state index in [0.29, 0.717) is 12.8 Å². The summed E-state index contributed by atoms with van der Waals surface area (Å²) in [6.07, 6.45) is 44.1. The van der Waals surface area contributed by atoms with Gasteiger partial charge in [0.15, 0.2) is 6.04 Å². The third-order valence-corrected chi connectivity index (χ3v) is 10.3. The number of aliphatic hydroxyl groups excluding tert-OH is 1. The molecule has 4 N–H and O–H groups in total. The van der Waals surface area contributed by atoms with Crippen LogP contribution in [-0.2, 0) is 32.7 Å². The molecule has 0 heterocycles. The molecule has 57 heavy (non-hydrogen) atoms. The van der Waals surface area contributed by atoms with Crippen LogP contribution in [0.2, 0.25) is 0 Å². The predicted molar refractivity (Wildman–Crippen MR) is 231 cm³/mol. The van der Waals surface area contributed by atoms with Crippen molar-refractivity contribution in [1.82, 2.24) is 5.32 Å². The molecule has 3 atom stereocenters. The van der Waals surface area contributed by atoms with E-state index in [1.165, 1.54) is 64.2 Å². The van der Waals surface area contributed by atoms with E-state index in [9.17, 15) is 34.1 Å². The van der Waals surface area contributed by atoms with E-state index >= 15 is 0 Å².